The van der Waals surface area contributed by atoms with Gasteiger partial charge in [-0.1, -0.05) is 12.8 Å². The van der Waals surface area contributed by atoms with Crippen molar-refractivity contribution in [2.24, 2.45) is 0 Å². The summed E-state index contributed by atoms with van der Waals surface area (Å²) in [5, 5.41) is 22.0. The van der Waals surface area contributed by atoms with Crippen LogP contribution in [0, 0.1) is 12.3 Å². The molecule has 16 heavy (non-hydrogen) atoms. The monoisotopic (exact) mass is 228 g/mol. The van der Waals surface area contributed by atoms with E-state index < -0.39 is 24.1 Å². The first-order chi connectivity index (χ1) is 7.54. The van der Waals surface area contributed by atoms with Crippen LogP contribution in [0.25, 0.3) is 0 Å². The highest BCUT2D eigenvalue weighted by Crippen LogP contribution is 1.93. The quantitative estimate of drug-likeness (QED) is 0.462. The van der Waals surface area contributed by atoms with E-state index in [1.807, 2.05) is 0 Å². The second-order valence-electron chi connectivity index (χ2n) is 3.15. The van der Waals surface area contributed by atoms with Gasteiger partial charge in [-0.2, -0.15) is 0 Å². The van der Waals surface area contributed by atoms with Crippen LogP contribution < -0.4 is 10.6 Å². The number of aliphatic carboxylic acids is 1. The predicted molar refractivity (Wildman–Crippen MR) is 57.7 cm³/mol. The molecule has 0 saturated heterocycles. The van der Waals surface area contributed by atoms with Gasteiger partial charge < -0.3 is 20.8 Å². The van der Waals surface area contributed by atoms with Crippen LogP contribution in [0.15, 0.2) is 0 Å². The summed E-state index contributed by atoms with van der Waals surface area (Å²) in [4.78, 5) is 22.0. The number of aliphatic hydroxyl groups is 1. The van der Waals surface area contributed by atoms with Gasteiger partial charge in [0.1, 0.15) is 6.04 Å². The third-order valence-electron chi connectivity index (χ3n) is 1.94. The Balaban J connectivity index is 4.20. The highest BCUT2D eigenvalue weighted by Gasteiger charge is 2.19. The zero-order valence-electron chi connectivity index (χ0n) is 9.06. The second-order valence-corrected chi connectivity index (χ2v) is 3.15. The van der Waals surface area contributed by atoms with Crippen LogP contribution in [-0.4, -0.2) is 40.9 Å². The molecular formula is C10H16N2O4. The molecule has 6 heteroatoms. The molecule has 0 aromatic rings. The van der Waals surface area contributed by atoms with Crippen molar-refractivity contribution >= 4 is 12.0 Å². The van der Waals surface area contributed by atoms with Crippen molar-refractivity contribution in [1.29, 1.82) is 0 Å². The molecule has 4 N–H and O–H groups in total. The van der Waals surface area contributed by atoms with Gasteiger partial charge in [0.25, 0.3) is 0 Å². The fourth-order valence-corrected chi connectivity index (χ4v) is 1.01. The topological polar surface area (TPSA) is 98.7 Å². The fourth-order valence-electron chi connectivity index (χ4n) is 1.01. The summed E-state index contributed by atoms with van der Waals surface area (Å²) in [6, 6.07) is -2.19. The first-order valence-corrected chi connectivity index (χ1v) is 4.92. The van der Waals surface area contributed by atoms with Gasteiger partial charge in [0.05, 0.1) is 6.04 Å². The molecule has 0 aromatic heterocycles. The minimum Gasteiger partial charge on any atom is -0.480 e. The molecule has 0 aromatic carbocycles. The average molecular weight is 228 g/mol. The third kappa shape index (κ3) is 5.22. The summed E-state index contributed by atoms with van der Waals surface area (Å²) < 4.78 is 0. The number of hydrogen-bond acceptors (Lipinski definition) is 3. The van der Waals surface area contributed by atoms with E-state index in [0.29, 0.717) is 6.42 Å². The SMILES string of the molecule is C#CC(CC)NC(=O)N[C@@H](CCO)C(=O)O. The standard InChI is InChI=1S/C10H16N2O4/c1-3-7(4-2)11-10(16)12-8(5-6-13)9(14)15/h1,7-8,13H,4-6H2,2H3,(H,14,15)(H2,11,12,16)/t7?,8-/m0/s1. The lowest BCUT2D eigenvalue weighted by Gasteiger charge is -2.16. The van der Waals surface area contributed by atoms with Gasteiger partial charge in [-0.05, 0) is 6.42 Å². The van der Waals surface area contributed by atoms with E-state index in [2.05, 4.69) is 16.6 Å². The number of hydrogen-bond donors (Lipinski definition) is 4. The summed E-state index contributed by atoms with van der Waals surface area (Å²) >= 11 is 0. The molecule has 90 valence electrons. The zero-order valence-corrected chi connectivity index (χ0v) is 9.06. The lowest BCUT2D eigenvalue weighted by molar-refractivity contribution is -0.139. The number of carbonyl (C=O) groups is 2. The van der Waals surface area contributed by atoms with Crippen LogP contribution in [0.4, 0.5) is 4.79 Å². The van der Waals surface area contributed by atoms with Crippen LogP contribution in [0.1, 0.15) is 19.8 Å². The smallest absolute Gasteiger partial charge is 0.326 e. The molecule has 0 aliphatic rings. The molecule has 1 unspecified atom stereocenters. The number of amides is 2. The lowest BCUT2D eigenvalue weighted by Crippen LogP contribution is -2.48. The molecule has 0 saturated carbocycles. The molecule has 2 amide bonds. The lowest BCUT2D eigenvalue weighted by atomic mass is 10.2. The van der Waals surface area contributed by atoms with Gasteiger partial charge in [-0.25, -0.2) is 9.59 Å². The summed E-state index contributed by atoms with van der Waals surface area (Å²) in [5.74, 6) is 1.15. The van der Waals surface area contributed by atoms with Gasteiger partial charge in [-0.15, -0.1) is 6.42 Å². The molecule has 0 fully saturated rings. The van der Waals surface area contributed by atoms with Gasteiger partial charge in [0.15, 0.2) is 0 Å². The van der Waals surface area contributed by atoms with Crippen molar-refractivity contribution < 1.29 is 19.8 Å². The number of rotatable bonds is 6. The zero-order chi connectivity index (χ0) is 12.6. The number of aliphatic hydroxyl groups excluding tert-OH is 1. The van der Waals surface area contributed by atoms with Crippen LogP contribution in [0.5, 0.6) is 0 Å². The van der Waals surface area contributed by atoms with Gasteiger partial charge in [0, 0.05) is 13.0 Å². The van der Waals surface area contributed by atoms with Crippen LogP contribution >= 0.6 is 0 Å². The molecule has 0 aliphatic heterocycles. The number of carbonyl (C=O) groups excluding carboxylic acids is 1. The molecular weight excluding hydrogens is 212 g/mol. The number of nitrogens with one attached hydrogen (secondary N) is 2. The average Bonchev–Trinajstić information content (AvgIpc) is 2.25. The Morgan fingerprint density at radius 2 is 2.06 bits per heavy atom. The summed E-state index contributed by atoms with van der Waals surface area (Å²) in [7, 11) is 0. The van der Waals surface area contributed by atoms with Gasteiger partial charge in [-0.3, -0.25) is 0 Å². The predicted octanol–water partition coefficient (Wildman–Crippen LogP) is -0.467. The highest BCUT2D eigenvalue weighted by molar-refractivity contribution is 5.82. The minimum absolute atomic E-state index is 0.0460. The number of urea groups is 1. The highest BCUT2D eigenvalue weighted by atomic mass is 16.4. The minimum atomic E-state index is -1.20. The van der Waals surface area contributed by atoms with Crippen LogP contribution in [-0.2, 0) is 4.79 Å². The van der Waals surface area contributed by atoms with Crippen molar-refractivity contribution in [2.75, 3.05) is 6.61 Å². The summed E-state index contributed by atoms with van der Waals surface area (Å²) in [6.45, 7) is 1.48. The van der Waals surface area contributed by atoms with Crippen molar-refractivity contribution in [3.8, 4) is 12.3 Å². The molecule has 0 radical (unpaired) electrons. The Morgan fingerprint density at radius 3 is 2.44 bits per heavy atom. The Kier molecular flexibility index (Phi) is 6.72. The van der Waals surface area contributed by atoms with Crippen molar-refractivity contribution in [3.63, 3.8) is 0 Å². The molecule has 0 heterocycles. The van der Waals surface area contributed by atoms with Crippen molar-refractivity contribution in [3.05, 3.63) is 0 Å². The van der Waals surface area contributed by atoms with Crippen LogP contribution in [0.3, 0.4) is 0 Å². The Labute approximate surface area is 94.0 Å². The fraction of sp³-hybridized carbons (Fsp3) is 0.600. The molecule has 0 aliphatic carbocycles. The maximum atomic E-state index is 11.3. The molecule has 6 nitrogen and oxygen atoms in total. The summed E-state index contributed by atoms with van der Waals surface area (Å²) in [6.07, 6.45) is 5.64. The van der Waals surface area contributed by atoms with E-state index in [9.17, 15) is 9.59 Å². The van der Waals surface area contributed by atoms with Crippen LogP contribution in [0.2, 0.25) is 0 Å². The molecule has 0 spiro atoms. The Bertz CT molecular complexity index is 285. The van der Waals surface area contributed by atoms with Crippen molar-refractivity contribution in [1.82, 2.24) is 10.6 Å². The first-order valence-electron chi connectivity index (χ1n) is 4.92. The van der Waals surface area contributed by atoms with E-state index in [1.54, 1.807) is 6.92 Å². The van der Waals surface area contributed by atoms with Gasteiger partial charge in [0.2, 0.25) is 0 Å². The largest absolute Gasteiger partial charge is 0.480 e. The molecule has 0 bridgehead atoms. The number of terminal acetylenes is 1. The number of carboxylic acid groups (broad SMARTS) is 1. The van der Waals surface area contributed by atoms with E-state index >= 15 is 0 Å². The normalized spacial score (nSPS) is 13.3. The maximum Gasteiger partial charge on any atom is 0.326 e. The Morgan fingerprint density at radius 1 is 1.44 bits per heavy atom. The third-order valence-corrected chi connectivity index (χ3v) is 1.94. The van der Waals surface area contributed by atoms with E-state index in [-0.39, 0.29) is 13.0 Å². The van der Waals surface area contributed by atoms with E-state index in [0.717, 1.165) is 0 Å². The summed E-state index contributed by atoms with van der Waals surface area (Å²) in [5.41, 5.74) is 0. The van der Waals surface area contributed by atoms with Crippen molar-refractivity contribution in [2.45, 2.75) is 31.8 Å². The van der Waals surface area contributed by atoms with Gasteiger partial charge >= 0.3 is 12.0 Å². The van der Waals surface area contributed by atoms with E-state index in [1.165, 1.54) is 0 Å². The van der Waals surface area contributed by atoms with E-state index in [4.69, 9.17) is 16.6 Å². The molecule has 0 rings (SSSR count). The molecule has 2 atom stereocenters. The first kappa shape index (κ1) is 14.3. The number of carboxylic acids is 1. The second kappa shape index (κ2) is 7.54. The maximum absolute atomic E-state index is 11.3. The Hall–Kier alpha value is -1.74.